The van der Waals surface area contributed by atoms with Crippen LogP contribution >= 0.6 is 0 Å². The summed E-state index contributed by atoms with van der Waals surface area (Å²) in [4.78, 5) is 24.6. The van der Waals surface area contributed by atoms with Crippen molar-refractivity contribution < 1.29 is 9.18 Å². The molecule has 1 atom stereocenters. The maximum Gasteiger partial charge on any atom is 0.274 e. The Morgan fingerprint density at radius 1 is 1.28 bits per heavy atom. The molecule has 6 heteroatoms. The number of carbonyl (C=O) groups excluding carboxylic acids is 1. The van der Waals surface area contributed by atoms with Crippen molar-refractivity contribution in [3.8, 4) is 0 Å². The fourth-order valence-corrected chi connectivity index (χ4v) is 3.05. The normalized spacial score (nSPS) is 16.8. The molecule has 0 spiro atoms. The predicted octanol–water partition coefficient (Wildman–Crippen LogP) is 2.36. The number of anilines is 1. The number of rotatable bonds is 6. The molecule has 0 bridgehead atoms. The van der Waals surface area contributed by atoms with Crippen molar-refractivity contribution in [1.82, 2.24) is 9.88 Å². The average molecular weight is 343 g/mol. The molecule has 1 aromatic carbocycles. The summed E-state index contributed by atoms with van der Waals surface area (Å²) in [5, 5.41) is 6.00. The molecule has 1 fully saturated rings. The third-order valence-corrected chi connectivity index (χ3v) is 4.50. The summed E-state index contributed by atoms with van der Waals surface area (Å²) in [6.07, 6.45) is 4.00. The van der Waals surface area contributed by atoms with Crippen molar-refractivity contribution in [3.05, 3.63) is 64.3 Å². The van der Waals surface area contributed by atoms with Crippen LogP contribution < -0.4 is 16.2 Å². The van der Waals surface area contributed by atoms with Crippen molar-refractivity contribution in [1.29, 1.82) is 0 Å². The van der Waals surface area contributed by atoms with E-state index in [1.54, 1.807) is 30.5 Å². The first-order chi connectivity index (χ1) is 12.1. The molecule has 2 aromatic rings. The molecule has 25 heavy (non-hydrogen) atoms. The number of pyridine rings is 1. The molecule has 2 N–H and O–H groups in total. The van der Waals surface area contributed by atoms with E-state index in [2.05, 4.69) is 10.6 Å². The molecule has 132 valence electrons. The van der Waals surface area contributed by atoms with Gasteiger partial charge in [0.05, 0.1) is 6.54 Å². The van der Waals surface area contributed by atoms with Crippen molar-refractivity contribution in [2.24, 2.45) is 5.92 Å². The lowest BCUT2D eigenvalue weighted by Gasteiger charge is -2.11. The maximum atomic E-state index is 13.0. The molecule has 2 heterocycles. The number of nitrogens with one attached hydrogen (secondary N) is 2. The molecule has 5 nitrogen and oxygen atoms in total. The molecule has 0 saturated carbocycles. The van der Waals surface area contributed by atoms with E-state index in [1.807, 2.05) is 0 Å². The summed E-state index contributed by atoms with van der Waals surface area (Å²) >= 11 is 0. The van der Waals surface area contributed by atoms with Gasteiger partial charge in [-0.2, -0.15) is 0 Å². The number of carbonyl (C=O) groups is 1. The van der Waals surface area contributed by atoms with Gasteiger partial charge in [-0.1, -0.05) is 12.1 Å². The molecule has 0 radical (unpaired) electrons. The number of benzene rings is 1. The van der Waals surface area contributed by atoms with E-state index >= 15 is 0 Å². The zero-order chi connectivity index (χ0) is 17.6. The average Bonchev–Trinajstić information content (AvgIpc) is 3.12. The SMILES string of the molecule is O=C(CCC1CCNC1)Nc1cccn(Cc2ccc(F)cc2)c1=O. The molecular weight excluding hydrogens is 321 g/mol. The molecule has 1 amide bonds. The van der Waals surface area contributed by atoms with Crippen LogP contribution in [0.4, 0.5) is 10.1 Å². The van der Waals surface area contributed by atoms with Crippen LogP contribution in [0, 0.1) is 11.7 Å². The Balaban J connectivity index is 1.62. The smallest absolute Gasteiger partial charge is 0.274 e. The van der Waals surface area contributed by atoms with E-state index in [4.69, 9.17) is 0 Å². The first kappa shape index (κ1) is 17.4. The summed E-state index contributed by atoms with van der Waals surface area (Å²) in [6, 6.07) is 9.35. The number of aromatic nitrogens is 1. The zero-order valence-electron chi connectivity index (χ0n) is 14.0. The number of nitrogens with zero attached hydrogens (tertiary/aromatic N) is 1. The molecule has 1 saturated heterocycles. The van der Waals surface area contributed by atoms with Crippen LogP contribution in [-0.4, -0.2) is 23.6 Å². The molecule has 1 unspecified atom stereocenters. The minimum absolute atomic E-state index is 0.136. The summed E-state index contributed by atoms with van der Waals surface area (Å²) in [6.45, 7) is 2.30. The van der Waals surface area contributed by atoms with Crippen molar-refractivity contribution in [2.45, 2.75) is 25.8 Å². The highest BCUT2D eigenvalue weighted by Crippen LogP contribution is 2.14. The Kier molecular flexibility index (Phi) is 5.60. The van der Waals surface area contributed by atoms with Crippen LogP contribution in [-0.2, 0) is 11.3 Å². The van der Waals surface area contributed by atoms with Gasteiger partial charge in [0.2, 0.25) is 5.91 Å². The second-order valence-corrected chi connectivity index (χ2v) is 6.43. The van der Waals surface area contributed by atoms with E-state index in [9.17, 15) is 14.0 Å². The molecule has 1 aliphatic heterocycles. The monoisotopic (exact) mass is 343 g/mol. The lowest BCUT2D eigenvalue weighted by atomic mass is 10.0. The van der Waals surface area contributed by atoms with Gasteiger partial charge in [0.25, 0.3) is 5.56 Å². The fourth-order valence-electron chi connectivity index (χ4n) is 3.05. The van der Waals surface area contributed by atoms with Gasteiger partial charge in [0.1, 0.15) is 11.5 Å². The minimum atomic E-state index is -0.311. The first-order valence-corrected chi connectivity index (χ1v) is 8.56. The topological polar surface area (TPSA) is 63.1 Å². The Labute approximate surface area is 145 Å². The number of halogens is 1. The third kappa shape index (κ3) is 4.76. The van der Waals surface area contributed by atoms with Crippen LogP contribution in [0.2, 0.25) is 0 Å². The van der Waals surface area contributed by atoms with Gasteiger partial charge in [-0.05, 0) is 61.7 Å². The standard InChI is InChI=1S/C19H22FN3O2/c20-16-6-3-15(4-7-16)13-23-11-1-2-17(19(23)25)22-18(24)8-5-14-9-10-21-12-14/h1-4,6-7,11,14,21H,5,8-10,12-13H2,(H,22,24). The van der Waals surface area contributed by atoms with Crippen LogP contribution in [0.1, 0.15) is 24.8 Å². The van der Waals surface area contributed by atoms with Crippen LogP contribution in [0.15, 0.2) is 47.4 Å². The Hall–Kier alpha value is -2.47. The Morgan fingerprint density at radius 3 is 2.80 bits per heavy atom. The van der Waals surface area contributed by atoms with Gasteiger partial charge in [0.15, 0.2) is 0 Å². The van der Waals surface area contributed by atoms with Crippen molar-refractivity contribution >= 4 is 11.6 Å². The van der Waals surface area contributed by atoms with E-state index in [0.717, 1.165) is 31.5 Å². The van der Waals surface area contributed by atoms with E-state index in [0.29, 0.717) is 18.9 Å². The number of amides is 1. The molecule has 0 aliphatic carbocycles. The summed E-state index contributed by atoms with van der Waals surface area (Å²) in [5.74, 6) is 0.0924. The van der Waals surface area contributed by atoms with Crippen molar-refractivity contribution in [2.75, 3.05) is 18.4 Å². The second-order valence-electron chi connectivity index (χ2n) is 6.43. The van der Waals surface area contributed by atoms with Gasteiger partial charge in [-0.25, -0.2) is 4.39 Å². The lowest BCUT2D eigenvalue weighted by molar-refractivity contribution is -0.116. The quantitative estimate of drug-likeness (QED) is 0.846. The van der Waals surface area contributed by atoms with Gasteiger partial charge < -0.3 is 15.2 Å². The largest absolute Gasteiger partial charge is 0.321 e. The van der Waals surface area contributed by atoms with E-state index in [-0.39, 0.29) is 23.0 Å². The molecule has 3 rings (SSSR count). The predicted molar refractivity (Wildman–Crippen MR) is 95.0 cm³/mol. The lowest BCUT2D eigenvalue weighted by Crippen LogP contribution is -2.26. The Bertz CT molecular complexity index is 780. The summed E-state index contributed by atoms with van der Waals surface area (Å²) in [7, 11) is 0. The van der Waals surface area contributed by atoms with Crippen LogP contribution in [0.25, 0.3) is 0 Å². The first-order valence-electron chi connectivity index (χ1n) is 8.56. The maximum absolute atomic E-state index is 13.0. The third-order valence-electron chi connectivity index (χ3n) is 4.50. The highest BCUT2D eigenvalue weighted by Gasteiger charge is 2.16. The van der Waals surface area contributed by atoms with E-state index in [1.165, 1.54) is 16.7 Å². The highest BCUT2D eigenvalue weighted by atomic mass is 19.1. The highest BCUT2D eigenvalue weighted by molar-refractivity contribution is 5.90. The molecular formula is C19H22FN3O2. The van der Waals surface area contributed by atoms with Gasteiger partial charge in [0, 0.05) is 12.6 Å². The van der Waals surface area contributed by atoms with Crippen LogP contribution in [0.5, 0.6) is 0 Å². The minimum Gasteiger partial charge on any atom is -0.321 e. The zero-order valence-corrected chi connectivity index (χ0v) is 14.0. The Morgan fingerprint density at radius 2 is 2.08 bits per heavy atom. The molecule has 1 aromatic heterocycles. The van der Waals surface area contributed by atoms with Gasteiger partial charge >= 0.3 is 0 Å². The fraction of sp³-hybridized carbons (Fsp3) is 0.368. The van der Waals surface area contributed by atoms with E-state index < -0.39 is 0 Å². The van der Waals surface area contributed by atoms with Crippen molar-refractivity contribution in [3.63, 3.8) is 0 Å². The number of hydrogen-bond acceptors (Lipinski definition) is 3. The summed E-state index contributed by atoms with van der Waals surface area (Å²) in [5.41, 5.74) is 0.836. The van der Waals surface area contributed by atoms with Gasteiger partial charge in [-0.15, -0.1) is 0 Å². The number of hydrogen-bond donors (Lipinski definition) is 2. The van der Waals surface area contributed by atoms with Gasteiger partial charge in [-0.3, -0.25) is 9.59 Å². The second kappa shape index (κ2) is 8.07. The van der Waals surface area contributed by atoms with Crippen LogP contribution in [0.3, 0.4) is 0 Å². The molecule has 1 aliphatic rings. The summed E-state index contributed by atoms with van der Waals surface area (Å²) < 4.78 is 14.5.